The average molecular weight is 196 g/mol. The Bertz CT molecular complexity index is 196. The number of rotatable bonds is 7. The van der Waals surface area contributed by atoms with Crippen molar-refractivity contribution in [3.63, 3.8) is 0 Å². The summed E-state index contributed by atoms with van der Waals surface area (Å²) in [7, 11) is 2.04. The first kappa shape index (κ1) is 11.5. The Hall–Kier alpha value is -0.590. The number of nitriles is 1. The maximum absolute atomic E-state index is 8.63. The molecule has 0 heterocycles. The first-order chi connectivity index (χ1) is 6.72. The minimum absolute atomic E-state index is 0.114. The lowest BCUT2D eigenvalue weighted by Crippen LogP contribution is -2.27. The summed E-state index contributed by atoms with van der Waals surface area (Å²) < 4.78 is 5.52. The fourth-order valence-electron chi connectivity index (χ4n) is 1.35. The summed E-state index contributed by atoms with van der Waals surface area (Å²) >= 11 is 0. The van der Waals surface area contributed by atoms with Crippen molar-refractivity contribution in [2.75, 3.05) is 33.4 Å². The minimum Gasteiger partial charge on any atom is -0.380 e. The van der Waals surface area contributed by atoms with E-state index in [1.165, 1.54) is 12.8 Å². The molecule has 0 radical (unpaired) electrons. The first-order valence-electron chi connectivity index (χ1n) is 5.38. The zero-order valence-corrected chi connectivity index (χ0v) is 9.20. The van der Waals surface area contributed by atoms with Crippen molar-refractivity contribution in [1.29, 1.82) is 5.26 Å². The Morgan fingerprint density at radius 3 is 2.86 bits per heavy atom. The van der Waals surface area contributed by atoms with Gasteiger partial charge in [0.15, 0.2) is 0 Å². The molecule has 80 valence electrons. The van der Waals surface area contributed by atoms with Gasteiger partial charge in [-0.15, -0.1) is 0 Å². The van der Waals surface area contributed by atoms with Crippen molar-refractivity contribution in [2.24, 2.45) is 11.8 Å². The van der Waals surface area contributed by atoms with E-state index in [0.717, 1.165) is 32.2 Å². The van der Waals surface area contributed by atoms with Crippen LogP contribution in [0.5, 0.6) is 0 Å². The molecule has 1 fully saturated rings. The van der Waals surface area contributed by atoms with Crippen LogP contribution in [0.4, 0.5) is 0 Å². The topological polar surface area (TPSA) is 36.3 Å². The summed E-state index contributed by atoms with van der Waals surface area (Å²) in [4.78, 5) is 2.15. The van der Waals surface area contributed by atoms with Crippen LogP contribution < -0.4 is 0 Å². The third kappa shape index (κ3) is 5.21. The second-order valence-corrected chi connectivity index (χ2v) is 4.31. The normalized spacial score (nSPS) is 18.1. The Morgan fingerprint density at radius 1 is 1.57 bits per heavy atom. The summed E-state index contributed by atoms with van der Waals surface area (Å²) in [5.74, 6) is 0.960. The van der Waals surface area contributed by atoms with E-state index in [0.29, 0.717) is 0 Å². The minimum atomic E-state index is 0.114. The van der Waals surface area contributed by atoms with E-state index in [-0.39, 0.29) is 5.92 Å². The van der Waals surface area contributed by atoms with E-state index in [1.807, 2.05) is 14.0 Å². The van der Waals surface area contributed by atoms with E-state index in [2.05, 4.69) is 11.0 Å². The van der Waals surface area contributed by atoms with Gasteiger partial charge in [-0.25, -0.2) is 0 Å². The van der Waals surface area contributed by atoms with E-state index in [1.54, 1.807) is 0 Å². The number of ether oxygens (including phenoxy) is 1. The highest BCUT2D eigenvalue weighted by molar-refractivity contribution is 4.80. The molecule has 1 aliphatic carbocycles. The molecule has 0 aromatic rings. The lowest BCUT2D eigenvalue weighted by atomic mass is 10.2. The van der Waals surface area contributed by atoms with Crippen molar-refractivity contribution in [1.82, 2.24) is 4.90 Å². The zero-order valence-electron chi connectivity index (χ0n) is 9.20. The van der Waals surface area contributed by atoms with Gasteiger partial charge in [0.1, 0.15) is 0 Å². The van der Waals surface area contributed by atoms with Crippen LogP contribution in [0.3, 0.4) is 0 Å². The van der Waals surface area contributed by atoms with Crippen molar-refractivity contribution in [2.45, 2.75) is 19.8 Å². The predicted molar refractivity (Wildman–Crippen MR) is 55.8 cm³/mol. The maximum atomic E-state index is 8.63. The Labute approximate surface area is 86.6 Å². The molecule has 3 nitrogen and oxygen atoms in total. The molecule has 1 rings (SSSR count). The van der Waals surface area contributed by atoms with Crippen LogP contribution in [-0.4, -0.2) is 38.3 Å². The highest BCUT2D eigenvalue weighted by atomic mass is 16.5. The summed E-state index contributed by atoms with van der Waals surface area (Å²) in [6.45, 7) is 5.44. The number of hydrogen-bond acceptors (Lipinski definition) is 3. The van der Waals surface area contributed by atoms with Gasteiger partial charge in [0, 0.05) is 19.7 Å². The van der Waals surface area contributed by atoms with Gasteiger partial charge in [0.25, 0.3) is 0 Å². The molecular weight excluding hydrogens is 176 g/mol. The summed E-state index contributed by atoms with van der Waals surface area (Å²) in [5.41, 5.74) is 0. The van der Waals surface area contributed by atoms with E-state index in [9.17, 15) is 0 Å². The second kappa shape index (κ2) is 6.00. The van der Waals surface area contributed by atoms with Crippen molar-refractivity contribution >= 4 is 0 Å². The van der Waals surface area contributed by atoms with Crippen LogP contribution in [0.15, 0.2) is 0 Å². The molecule has 0 saturated heterocycles. The second-order valence-electron chi connectivity index (χ2n) is 4.31. The largest absolute Gasteiger partial charge is 0.380 e. The molecule has 1 aliphatic rings. The van der Waals surface area contributed by atoms with E-state index < -0.39 is 0 Å². The summed E-state index contributed by atoms with van der Waals surface area (Å²) in [6.07, 6.45) is 2.70. The third-order valence-electron chi connectivity index (χ3n) is 2.47. The van der Waals surface area contributed by atoms with Gasteiger partial charge in [0.2, 0.25) is 0 Å². The van der Waals surface area contributed by atoms with Gasteiger partial charge in [-0.05, 0) is 32.7 Å². The van der Waals surface area contributed by atoms with Crippen LogP contribution in [0.2, 0.25) is 0 Å². The van der Waals surface area contributed by atoms with Gasteiger partial charge in [0.05, 0.1) is 18.6 Å². The van der Waals surface area contributed by atoms with Crippen LogP contribution in [0.25, 0.3) is 0 Å². The van der Waals surface area contributed by atoms with Crippen LogP contribution in [0.1, 0.15) is 19.8 Å². The van der Waals surface area contributed by atoms with Gasteiger partial charge >= 0.3 is 0 Å². The number of likely N-dealkylation sites (N-methyl/N-ethyl adjacent to an activating group) is 1. The molecule has 0 aromatic carbocycles. The third-order valence-corrected chi connectivity index (χ3v) is 2.47. The summed E-state index contributed by atoms with van der Waals surface area (Å²) in [5, 5.41) is 8.63. The van der Waals surface area contributed by atoms with Gasteiger partial charge in [-0.1, -0.05) is 0 Å². The Balaban J connectivity index is 1.91. The molecule has 0 aromatic heterocycles. The van der Waals surface area contributed by atoms with Crippen molar-refractivity contribution < 1.29 is 4.74 Å². The zero-order chi connectivity index (χ0) is 10.4. The lowest BCUT2D eigenvalue weighted by molar-refractivity contribution is 0.102. The molecular formula is C11H20N2O. The van der Waals surface area contributed by atoms with Crippen LogP contribution >= 0.6 is 0 Å². The average Bonchev–Trinajstić information content (AvgIpc) is 2.96. The molecule has 0 aliphatic heterocycles. The molecule has 0 amide bonds. The first-order valence-corrected chi connectivity index (χ1v) is 5.38. The monoisotopic (exact) mass is 196 g/mol. The van der Waals surface area contributed by atoms with Crippen LogP contribution in [-0.2, 0) is 4.74 Å². The Morgan fingerprint density at radius 2 is 2.29 bits per heavy atom. The molecule has 0 spiro atoms. The molecule has 0 bridgehead atoms. The fraction of sp³-hybridized carbons (Fsp3) is 0.909. The predicted octanol–water partition coefficient (Wildman–Crippen LogP) is 1.50. The number of hydrogen-bond donors (Lipinski definition) is 0. The molecule has 0 N–H and O–H groups in total. The molecule has 3 heteroatoms. The molecule has 14 heavy (non-hydrogen) atoms. The molecule has 1 atom stereocenters. The highest BCUT2D eigenvalue weighted by Gasteiger charge is 2.20. The SMILES string of the molecule is CC(C#N)CN(C)CCOCC1CC1. The quantitative estimate of drug-likeness (QED) is 0.579. The van der Waals surface area contributed by atoms with Gasteiger partial charge < -0.3 is 9.64 Å². The smallest absolute Gasteiger partial charge is 0.0666 e. The van der Waals surface area contributed by atoms with Crippen molar-refractivity contribution in [3.8, 4) is 6.07 Å². The van der Waals surface area contributed by atoms with Crippen LogP contribution in [0, 0.1) is 23.2 Å². The highest BCUT2D eigenvalue weighted by Crippen LogP contribution is 2.28. The fourth-order valence-corrected chi connectivity index (χ4v) is 1.35. The maximum Gasteiger partial charge on any atom is 0.0666 e. The van der Waals surface area contributed by atoms with Gasteiger partial charge in [-0.3, -0.25) is 0 Å². The Kier molecular flexibility index (Phi) is 4.92. The molecule has 1 unspecified atom stereocenters. The summed E-state index contributed by atoms with van der Waals surface area (Å²) in [6, 6.07) is 2.23. The van der Waals surface area contributed by atoms with E-state index >= 15 is 0 Å². The standard InChI is InChI=1S/C11H20N2O/c1-10(7-12)8-13(2)5-6-14-9-11-3-4-11/h10-11H,3-6,8-9H2,1-2H3. The lowest BCUT2D eigenvalue weighted by Gasteiger charge is -2.17. The van der Waals surface area contributed by atoms with E-state index in [4.69, 9.17) is 10.00 Å². The number of nitrogens with zero attached hydrogens (tertiary/aromatic N) is 2. The van der Waals surface area contributed by atoms with Gasteiger partial charge in [-0.2, -0.15) is 5.26 Å². The van der Waals surface area contributed by atoms with Crippen molar-refractivity contribution in [3.05, 3.63) is 0 Å². The molecule has 1 saturated carbocycles.